The predicted molar refractivity (Wildman–Crippen MR) is 80.0 cm³/mol. The number of halogens is 2. The molecule has 0 unspecified atom stereocenters. The molecule has 2 aromatic rings. The highest BCUT2D eigenvalue weighted by Crippen LogP contribution is 2.13. The molecule has 4 heteroatoms. The highest BCUT2D eigenvalue weighted by molar-refractivity contribution is 6.31. The van der Waals surface area contributed by atoms with E-state index in [1.807, 2.05) is 12.1 Å². The maximum Gasteiger partial charge on any atom is 0.187 e. The Morgan fingerprint density at radius 3 is 2.00 bits per heavy atom. The van der Waals surface area contributed by atoms with Gasteiger partial charge in [-0.1, -0.05) is 23.2 Å². The number of rotatable bonds is 4. The van der Waals surface area contributed by atoms with E-state index in [1.54, 1.807) is 42.6 Å². The molecule has 2 nitrogen and oxygen atoms in total. The fourth-order valence-electron chi connectivity index (χ4n) is 1.47. The van der Waals surface area contributed by atoms with Gasteiger partial charge in [0, 0.05) is 33.6 Å². The van der Waals surface area contributed by atoms with Crippen molar-refractivity contribution >= 4 is 34.7 Å². The van der Waals surface area contributed by atoms with E-state index in [-0.39, 0.29) is 5.78 Å². The summed E-state index contributed by atoms with van der Waals surface area (Å²) in [6, 6.07) is 14.0. The fraction of sp³-hybridized carbons (Fsp3) is 0. The lowest BCUT2D eigenvalue weighted by Crippen LogP contribution is -1.95. The molecule has 0 aliphatic carbocycles. The minimum Gasteiger partial charge on any atom is -0.362 e. The number of allylic oxidation sites excluding steroid dienone is 1. The van der Waals surface area contributed by atoms with Gasteiger partial charge >= 0.3 is 0 Å². The first kappa shape index (κ1) is 13.7. The van der Waals surface area contributed by atoms with E-state index >= 15 is 0 Å². The van der Waals surface area contributed by atoms with E-state index < -0.39 is 0 Å². The first-order valence-electron chi connectivity index (χ1n) is 5.64. The summed E-state index contributed by atoms with van der Waals surface area (Å²) in [5, 5.41) is 4.28. The van der Waals surface area contributed by atoms with Gasteiger partial charge < -0.3 is 5.32 Å². The van der Waals surface area contributed by atoms with Crippen molar-refractivity contribution in [3.63, 3.8) is 0 Å². The Balaban J connectivity index is 1.97. The van der Waals surface area contributed by atoms with Gasteiger partial charge in [-0.05, 0) is 48.5 Å². The average molecular weight is 292 g/mol. The number of hydrogen-bond acceptors (Lipinski definition) is 2. The van der Waals surface area contributed by atoms with Crippen molar-refractivity contribution in [2.45, 2.75) is 0 Å². The van der Waals surface area contributed by atoms with Crippen LogP contribution in [-0.2, 0) is 0 Å². The van der Waals surface area contributed by atoms with Crippen molar-refractivity contribution in [1.29, 1.82) is 0 Å². The second-order valence-electron chi connectivity index (χ2n) is 3.86. The number of carbonyl (C=O) groups is 1. The number of hydrogen-bond donors (Lipinski definition) is 1. The minimum absolute atomic E-state index is 0.0851. The number of benzene rings is 2. The van der Waals surface area contributed by atoms with Crippen LogP contribution >= 0.6 is 23.2 Å². The molecular formula is C15H11Cl2NO. The van der Waals surface area contributed by atoms with E-state index in [1.165, 1.54) is 6.08 Å². The summed E-state index contributed by atoms with van der Waals surface area (Å²) in [5.41, 5.74) is 1.46. The van der Waals surface area contributed by atoms with Gasteiger partial charge in [0.25, 0.3) is 0 Å². The largest absolute Gasteiger partial charge is 0.362 e. The molecule has 0 fully saturated rings. The Labute approximate surface area is 121 Å². The van der Waals surface area contributed by atoms with E-state index in [2.05, 4.69) is 5.32 Å². The topological polar surface area (TPSA) is 29.1 Å². The van der Waals surface area contributed by atoms with Gasteiger partial charge in [-0.2, -0.15) is 0 Å². The molecule has 0 aliphatic heterocycles. The lowest BCUT2D eigenvalue weighted by atomic mass is 10.1. The van der Waals surface area contributed by atoms with Gasteiger partial charge in [-0.15, -0.1) is 0 Å². The molecule has 0 spiro atoms. The van der Waals surface area contributed by atoms with Crippen LogP contribution in [0.15, 0.2) is 60.8 Å². The van der Waals surface area contributed by atoms with Gasteiger partial charge in [0.05, 0.1) is 0 Å². The van der Waals surface area contributed by atoms with Crippen LogP contribution in [0.3, 0.4) is 0 Å². The third kappa shape index (κ3) is 4.12. The molecule has 96 valence electrons. The lowest BCUT2D eigenvalue weighted by molar-refractivity contribution is 0.104. The van der Waals surface area contributed by atoms with E-state index in [4.69, 9.17) is 23.2 Å². The normalized spacial score (nSPS) is 10.6. The third-order valence-electron chi connectivity index (χ3n) is 2.46. The molecule has 0 amide bonds. The molecule has 0 aliphatic rings. The second kappa shape index (κ2) is 6.41. The third-order valence-corrected chi connectivity index (χ3v) is 2.96. The number of ketones is 1. The Morgan fingerprint density at radius 1 is 0.895 bits per heavy atom. The molecule has 0 atom stereocenters. The molecule has 0 aromatic heterocycles. The predicted octanol–water partition coefficient (Wildman–Crippen LogP) is 4.80. The van der Waals surface area contributed by atoms with Gasteiger partial charge in [-0.3, -0.25) is 4.79 Å². The molecule has 2 rings (SSSR count). The van der Waals surface area contributed by atoms with Crippen molar-refractivity contribution in [3.05, 3.63) is 76.4 Å². The van der Waals surface area contributed by atoms with Crippen molar-refractivity contribution in [2.75, 3.05) is 5.32 Å². The van der Waals surface area contributed by atoms with Crippen LogP contribution in [-0.4, -0.2) is 5.78 Å². The highest BCUT2D eigenvalue weighted by Gasteiger charge is 2.00. The zero-order valence-electron chi connectivity index (χ0n) is 9.94. The molecule has 0 saturated carbocycles. The molecule has 0 bridgehead atoms. The SMILES string of the molecule is O=C(C=CNc1ccc(Cl)cc1)c1ccc(Cl)cc1. The van der Waals surface area contributed by atoms with E-state index in [0.717, 1.165) is 5.69 Å². The van der Waals surface area contributed by atoms with E-state index in [9.17, 15) is 4.79 Å². The molecule has 0 heterocycles. The summed E-state index contributed by atoms with van der Waals surface area (Å²) in [5.74, 6) is -0.0851. The molecule has 0 radical (unpaired) electrons. The summed E-state index contributed by atoms with van der Waals surface area (Å²) in [7, 11) is 0. The highest BCUT2D eigenvalue weighted by atomic mass is 35.5. The van der Waals surface area contributed by atoms with Crippen LogP contribution < -0.4 is 5.32 Å². The van der Waals surface area contributed by atoms with Gasteiger partial charge in [0.1, 0.15) is 0 Å². The van der Waals surface area contributed by atoms with Crippen molar-refractivity contribution in [3.8, 4) is 0 Å². The van der Waals surface area contributed by atoms with Crippen LogP contribution in [0.4, 0.5) is 5.69 Å². The Hall–Kier alpha value is -1.77. The number of nitrogens with one attached hydrogen (secondary N) is 1. The summed E-state index contributed by atoms with van der Waals surface area (Å²) in [6.45, 7) is 0. The summed E-state index contributed by atoms with van der Waals surface area (Å²) in [6.07, 6.45) is 3.07. The van der Waals surface area contributed by atoms with E-state index in [0.29, 0.717) is 15.6 Å². The van der Waals surface area contributed by atoms with Crippen LogP contribution in [0.1, 0.15) is 10.4 Å². The second-order valence-corrected chi connectivity index (χ2v) is 4.73. The summed E-state index contributed by atoms with van der Waals surface area (Å²) in [4.78, 5) is 11.8. The van der Waals surface area contributed by atoms with Gasteiger partial charge in [-0.25, -0.2) is 0 Å². The Kier molecular flexibility index (Phi) is 4.61. The smallest absolute Gasteiger partial charge is 0.187 e. The minimum atomic E-state index is -0.0851. The quantitative estimate of drug-likeness (QED) is 0.647. The molecule has 19 heavy (non-hydrogen) atoms. The monoisotopic (exact) mass is 291 g/mol. The van der Waals surface area contributed by atoms with Gasteiger partial charge in [0.15, 0.2) is 5.78 Å². The average Bonchev–Trinajstić information content (AvgIpc) is 2.41. The Bertz CT molecular complexity index is 589. The Morgan fingerprint density at radius 2 is 1.42 bits per heavy atom. The summed E-state index contributed by atoms with van der Waals surface area (Å²) < 4.78 is 0. The first-order valence-corrected chi connectivity index (χ1v) is 6.39. The van der Waals surface area contributed by atoms with Crippen molar-refractivity contribution in [1.82, 2.24) is 0 Å². The zero-order chi connectivity index (χ0) is 13.7. The maximum absolute atomic E-state index is 11.8. The van der Waals surface area contributed by atoms with Crippen LogP contribution in [0, 0.1) is 0 Å². The molecular weight excluding hydrogens is 281 g/mol. The fourth-order valence-corrected chi connectivity index (χ4v) is 1.72. The van der Waals surface area contributed by atoms with Crippen LogP contribution in [0.2, 0.25) is 10.0 Å². The molecule has 0 saturated heterocycles. The summed E-state index contributed by atoms with van der Waals surface area (Å²) >= 11 is 11.5. The van der Waals surface area contributed by atoms with Crippen LogP contribution in [0.25, 0.3) is 0 Å². The standard InChI is InChI=1S/C15H11Cl2NO/c16-12-3-1-11(2-4-12)15(19)9-10-18-14-7-5-13(17)6-8-14/h1-10,18H. The molecule has 2 aromatic carbocycles. The number of carbonyl (C=O) groups excluding carboxylic acids is 1. The lowest BCUT2D eigenvalue weighted by Gasteiger charge is -2.00. The number of anilines is 1. The molecule has 1 N–H and O–H groups in total. The zero-order valence-corrected chi connectivity index (χ0v) is 11.4. The van der Waals surface area contributed by atoms with Gasteiger partial charge in [0.2, 0.25) is 0 Å². The van der Waals surface area contributed by atoms with Crippen molar-refractivity contribution in [2.24, 2.45) is 0 Å². The van der Waals surface area contributed by atoms with Crippen molar-refractivity contribution < 1.29 is 4.79 Å². The van der Waals surface area contributed by atoms with Crippen LogP contribution in [0.5, 0.6) is 0 Å². The first-order chi connectivity index (χ1) is 9.15. The maximum atomic E-state index is 11.8.